The Balaban J connectivity index is 1.36. The topological polar surface area (TPSA) is 62.1 Å². The van der Waals surface area contributed by atoms with Gasteiger partial charge < -0.3 is 9.94 Å². The highest BCUT2D eigenvalue weighted by Gasteiger charge is 2.36. The van der Waals surface area contributed by atoms with Crippen molar-refractivity contribution in [3.63, 3.8) is 0 Å². The monoisotopic (exact) mass is 502 g/mol. The number of carbonyl (C=O) groups is 1. The van der Waals surface area contributed by atoms with Crippen LogP contribution in [0.15, 0.2) is 41.6 Å². The number of aryl methyl sites for hydroxylation is 1. The number of benzene rings is 2. The maximum Gasteiger partial charge on any atom is 0.416 e. The molecule has 0 bridgehead atoms. The lowest BCUT2D eigenvalue weighted by Gasteiger charge is -2.37. The summed E-state index contributed by atoms with van der Waals surface area (Å²) < 4.78 is 41.3. The van der Waals surface area contributed by atoms with E-state index in [-0.39, 0.29) is 18.4 Å². The minimum Gasteiger partial charge on any atom is -0.481 e. The number of alkyl halides is 3. The predicted molar refractivity (Wildman–Crippen MR) is 132 cm³/mol. The van der Waals surface area contributed by atoms with E-state index in [9.17, 15) is 18.0 Å². The Morgan fingerprint density at radius 3 is 2.53 bits per heavy atom. The maximum absolute atomic E-state index is 13.8. The standard InChI is InChI=1S/C28H33F3N2O3/c1-2-21-12-19(8-10-23(21)15-33-16-24(17-33)27(34)35)14-32-36-18-20-9-11-25(22-6-4-3-5-7-22)26(13-20)28(29,30)31/h8-14,22,24H,2-7,15-18H2,1H3,(H,34,35)/b32-14+. The highest BCUT2D eigenvalue weighted by atomic mass is 19.4. The third kappa shape index (κ3) is 6.46. The number of halogens is 3. The van der Waals surface area contributed by atoms with Gasteiger partial charge >= 0.3 is 12.1 Å². The number of hydrogen-bond acceptors (Lipinski definition) is 4. The molecule has 8 heteroatoms. The van der Waals surface area contributed by atoms with Gasteiger partial charge in [0.05, 0.1) is 17.7 Å². The maximum atomic E-state index is 13.8. The van der Waals surface area contributed by atoms with E-state index in [1.807, 2.05) is 18.2 Å². The summed E-state index contributed by atoms with van der Waals surface area (Å²) in [5.41, 5.74) is 3.42. The summed E-state index contributed by atoms with van der Waals surface area (Å²) in [6, 6.07) is 10.5. The molecule has 0 radical (unpaired) electrons. The summed E-state index contributed by atoms with van der Waals surface area (Å²) in [6.07, 6.45) is 2.66. The number of carboxylic acid groups (broad SMARTS) is 1. The van der Waals surface area contributed by atoms with Crippen molar-refractivity contribution >= 4 is 12.2 Å². The van der Waals surface area contributed by atoms with E-state index in [0.717, 1.165) is 55.2 Å². The van der Waals surface area contributed by atoms with Crippen molar-refractivity contribution in [3.8, 4) is 0 Å². The van der Waals surface area contributed by atoms with Gasteiger partial charge in [0.1, 0.15) is 6.61 Å². The van der Waals surface area contributed by atoms with Crippen LogP contribution in [0.25, 0.3) is 0 Å². The summed E-state index contributed by atoms with van der Waals surface area (Å²) in [4.78, 5) is 18.5. The van der Waals surface area contributed by atoms with E-state index < -0.39 is 17.7 Å². The van der Waals surface area contributed by atoms with E-state index in [1.54, 1.807) is 18.3 Å². The van der Waals surface area contributed by atoms with Crippen LogP contribution in [0.5, 0.6) is 0 Å². The zero-order chi connectivity index (χ0) is 25.7. The fraction of sp³-hybridized carbons (Fsp3) is 0.500. The second kappa shape index (κ2) is 11.5. The molecule has 1 aliphatic carbocycles. The molecule has 36 heavy (non-hydrogen) atoms. The smallest absolute Gasteiger partial charge is 0.416 e. The molecule has 0 amide bonds. The van der Waals surface area contributed by atoms with Crippen LogP contribution in [0.1, 0.15) is 78.3 Å². The molecule has 5 nitrogen and oxygen atoms in total. The van der Waals surface area contributed by atoms with Crippen molar-refractivity contribution in [2.75, 3.05) is 13.1 Å². The molecular formula is C28H33F3N2O3. The lowest BCUT2D eigenvalue weighted by atomic mass is 9.81. The summed E-state index contributed by atoms with van der Waals surface area (Å²) in [7, 11) is 0. The first kappa shape index (κ1) is 26.2. The number of aliphatic carboxylic acids is 1. The van der Waals surface area contributed by atoms with Crippen molar-refractivity contribution in [2.45, 2.75) is 70.7 Å². The van der Waals surface area contributed by atoms with E-state index in [0.29, 0.717) is 30.8 Å². The normalized spacial score (nSPS) is 17.9. The van der Waals surface area contributed by atoms with E-state index in [4.69, 9.17) is 9.94 Å². The first-order valence-corrected chi connectivity index (χ1v) is 12.7. The van der Waals surface area contributed by atoms with Gasteiger partial charge in [-0.1, -0.05) is 55.6 Å². The van der Waals surface area contributed by atoms with Gasteiger partial charge in [-0.3, -0.25) is 9.69 Å². The highest BCUT2D eigenvalue weighted by molar-refractivity contribution is 5.79. The number of likely N-dealkylation sites (tertiary alicyclic amines) is 1. The second-order valence-corrected chi connectivity index (χ2v) is 9.87. The first-order valence-electron chi connectivity index (χ1n) is 12.7. The Labute approximate surface area is 209 Å². The summed E-state index contributed by atoms with van der Waals surface area (Å²) in [5.74, 6) is -1.06. The van der Waals surface area contributed by atoms with Gasteiger partial charge in [-0.15, -0.1) is 0 Å². The molecule has 1 saturated heterocycles. The lowest BCUT2D eigenvalue weighted by Crippen LogP contribution is -2.49. The Bertz CT molecular complexity index is 1090. The molecule has 194 valence electrons. The van der Waals surface area contributed by atoms with E-state index in [2.05, 4.69) is 17.0 Å². The average molecular weight is 503 g/mol. The molecule has 0 atom stereocenters. The summed E-state index contributed by atoms with van der Waals surface area (Å²) >= 11 is 0. The van der Waals surface area contributed by atoms with Crippen LogP contribution in [-0.4, -0.2) is 35.3 Å². The number of nitrogens with zero attached hydrogens (tertiary/aromatic N) is 2. The Kier molecular flexibility index (Phi) is 8.34. The van der Waals surface area contributed by atoms with Crippen LogP contribution in [0.3, 0.4) is 0 Å². The predicted octanol–water partition coefficient (Wildman–Crippen LogP) is 6.38. The van der Waals surface area contributed by atoms with Crippen molar-refractivity contribution in [1.29, 1.82) is 0 Å². The Hall–Kier alpha value is -2.87. The molecule has 1 N–H and O–H groups in total. The van der Waals surface area contributed by atoms with Gasteiger partial charge in [-0.2, -0.15) is 13.2 Å². The molecule has 2 aliphatic rings. The molecule has 2 fully saturated rings. The molecule has 4 rings (SSSR count). The second-order valence-electron chi connectivity index (χ2n) is 9.87. The lowest BCUT2D eigenvalue weighted by molar-refractivity contribution is -0.147. The van der Waals surface area contributed by atoms with Crippen molar-refractivity contribution in [1.82, 2.24) is 4.90 Å². The number of carboxylic acids is 1. The van der Waals surface area contributed by atoms with Gasteiger partial charge in [-0.05, 0) is 65.1 Å². The molecule has 2 aromatic carbocycles. The van der Waals surface area contributed by atoms with Gasteiger partial charge in [0, 0.05) is 19.6 Å². The van der Waals surface area contributed by atoms with Gasteiger partial charge in [0.2, 0.25) is 0 Å². The SMILES string of the molecule is CCc1cc(/C=N/OCc2ccc(C3CCCCC3)c(C(F)(F)F)c2)ccc1CN1CC(C(=O)O)C1. The van der Waals surface area contributed by atoms with Crippen LogP contribution >= 0.6 is 0 Å². The van der Waals surface area contributed by atoms with Crippen LogP contribution in [0.2, 0.25) is 0 Å². The van der Waals surface area contributed by atoms with Crippen molar-refractivity contribution < 1.29 is 27.9 Å². The van der Waals surface area contributed by atoms with Gasteiger partial charge in [0.15, 0.2) is 0 Å². The zero-order valence-electron chi connectivity index (χ0n) is 20.6. The number of hydrogen-bond donors (Lipinski definition) is 1. The Morgan fingerprint density at radius 1 is 1.11 bits per heavy atom. The third-order valence-corrected chi connectivity index (χ3v) is 7.29. The molecule has 1 saturated carbocycles. The van der Waals surface area contributed by atoms with Crippen molar-refractivity contribution in [2.24, 2.45) is 11.1 Å². The average Bonchev–Trinajstić information content (AvgIpc) is 2.84. The first-order chi connectivity index (χ1) is 17.2. The van der Waals surface area contributed by atoms with Gasteiger partial charge in [0.25, 0.3) is 0 Å². The fourth-order valence-electron chi connectivity index (χ4n) is 5.22. The Morgan fingerprint density at radius 2 is 1.86 bits per heavy atom. The zero-order valence-corrected chi connectivity index (χ0v) is 20.6. The molecule has 0 unspecified atom stereocenters. The minimum atomic E-state index is -4.39. The quantitative estimate of drug-likeness (QED) is 0.319. The summed E-state index contributed by atoms with van der Waals surface area (Å²) in [5, 5.41) is 13.0. The fourth-order valence-corrected chi connectivity index (χ4v) is 5.22. The highest BCUT2D eigenvalue weighted by Crippen LogP contribution is 2.41. The van der Waals surface area contributed by atoms with Crippen LogP contribution in [0.4, 0.5) is 13.2 Å². The molecular weight excluding hydrogens is 469 g/mol. The molecule has 0 spiro atoms. The molecule has 1 heterocycles. The van der Waals surface area contributed by atoms with E-state index in [1.165, 1.54) is 6.07 Å². The van der Waals surface area contributed by atoms with Crippen LogP contribution in [-0.2, 0) is 35.4 Å². The molecule has 0 aromatic heterocycles. The van der Waals surface area contributed by atoms with Gasteiger partial charge in [-0.25, -0.2) is 0 Å². The molecule has 1 aliphatic heterocycles. The van der Waals surface area contributed by atoms with Crippen LogP contribution < -0.4 is 0 Å². The third-order valence-electron chi connectivity index (χ3n) is 7.29. The number of oxime groups is 1. The number of rotatable bonds is 9. The largest absolute Gasteiger partial charge is 0.481 e. The van der Waals surface area contributed by atoms with E-state index >= 15 is 0 Å². The summed E-state index contributed by atoms with van der Waals surface area (Å²) in [6.45, 7) is 3.85. The molecule has 2 aromatic rings. The minimum absolute atomic E-state index is 0.0289. The van der Waals surface area contributed by atoms with Crippen molar-refractivity contribution in [3.05, 3.63) is 69.8 Å². The van der Waals surface area contributed by atoms with Crippen LogP contribution in [0, 0.1) is 5.92 Å².